The third-order valence-corrected chi connectivity index (χ3v) is 2.27. The summed E-state index contributed by atoms with van der Waals surface area (Å²) in [6, 6.07) is 8.28. The van der Waals surface area contributed by atoms with Crippen molar-refractivity contribution in [3.63, 3.8) is 0 Å². The molecule has 1 aromatic rings. The van der Waals surface area contributed by atoms with Crippen molar-refractivity contribution in [1.82, 2.24) is 5.32 Å². The lowest BCUT2D eigenvalue weighted by Gasteiger charge is -2.07. The summed E-state index contributed by atoms with van der Waals surface area (Å²) in [6.07, 6.45) is 0. The highest BCUT2D eigenvalue weighted by Gasteiger charge is 2.13. The maximum Gasteiger partial charge on any atom is 0.260 e. The smallest absolute Gasteiger partial charge is 0.260 e. The molecule has 88 valence electrons. The lowest BCUT2D eigenvalue weighted by Crippen LogP contribution is -2.22. The van der Waals surface area contributed by atoms with Gasteiger partial charge in [-0.15, -0.1) is 0 Å². The summed E-state index contributed by atoms with van der Waals surface area (Å²) in [5, 5.41) is 11.0. The first-order valence-corrected chi connectivity index (χ1v) is 5.25. The molecule has 0 atom stereocenters. The normalized spacial score (nSPS) is 9.06. The van der Waals surface area contributed by atoms with Crippen LogP contribution < -0.4 is 10.1 Å². The second kappa shape index (κ2) is 6.14. The number of carbonyl (C=O) groups excluding carboxylic acids is 1. The van der Waals surface area contributed by atoms with Gasteiger partial charge in [-0.05, 0) is 12.1 Å². The van der Waals surface area contributed by atoms with Crippen LogP contribution in [0.1, 0.15) is 10.4 Å². The molecule has 1 amide bonds. The molecular weight excluding hydrogens is 263 g/mol. The van der Waals surface area contributed by atoms with E-state index in [2.05, 4.69) is 5.32 Å². The summed E-state index contributed by atoms with van der Waals surface area (Å²) in [7, 11) is 1.45. The highest BCUT2D eigenvalue weighted by molar-refractivity contribution is 6.56. The van der Waals surface area contributed by atoms with Gasteiger partial charge in [-0.2, -0.15) is 5.26 Å². The van der Waals surface area contributed by atoms with Crippen LogP contribution in [0.5, 0.6) is 5.75 Å². The molecule has 0 aliphatic rings. The summed E-state index contributed by atoms with van der Waals surface area (Å²) in [5.74, 6) is -0.120. The number of para-hydroxylation sites is 1. The quantitative estimate of drug-likeness (QED) is 0.859. The van der Waals surface area contributed by atoms with Gasteiger partial charge in [0.05, 0.1) is 12.7 Å². The van der Waals surface area contributed by atoms with Crippen molar-refractivity contribution in [3.05, 3.63) is 40.0 Å². The van der Waals surface area contributed by atoms with Gasteiger partial charge in [0.15, 0.2) is 5.70 Å². The number of nitriles is 1. The lowest BCUT2D eigenvalue weighted by atomic mass is 10.2. The van der Waals surface area contributed by atoms with Gasteiger partial charge in [0, 0.05) is 0 Å². The van der Waals surface area contributed by atoms with Gasteiger partial charge in [0.1, 0.15) is 16.3 Å². The van der Waals surface area contributed by atoms with Crippen molar-refractivity contribution >= 4 is 29.1 Å². The molecule has 0 fully saturated rings. The molecule has 0 saturated heterocycles. The molecule has 0 aromatic heterocycles. The molecule has 0 saturated carbocycles. The second-order valence-electron chi connectivity index (χ2n) is 2.90. The van der Waals surface area contributed by atoms with Gasteiger partial charge in [-0.3, -0.25) is 4.79 Å². The monoisotopic (exact) mass is 270 g/mol. The number of benzene rings is 1. The maximum atomic E-state index is 11.8. The third kappa shape index (κ3) is 3.38. The van der Waals surface area contributed by atoms with E-state index in [1.807, 2.05) is 0 Å². The Bertz CT molecular complexity index is 502. The third-order valence-electron chi connectivity index (χ3n) is 1.89. The Balaban J connectivity index is 2.99. The Kier molecular flexibility index (Phi) is 4.83. The van der Waals surface area contributed by atoms with Crippen LogP contribution in [-0.4, -0.2) is 13.0 Å². The van der Waals surface area contributed by atoms with Crippen LogP contribution in [0.3, 0.4) is 0 Å². The first-order chi connectivity index (χ1) is 8.10. The van der Waals surface area contributed by atoms with Crippen LogP contribution in [-0.2, 0) is 0 Å². The summed E-state index contributed by atoms with van der Waals surface area (Å²) >= 11 is 10.9. The molecule has 1 aromatic carbocycles. The van der Waals surface area contributed by atoms with Gasteiger partial charge in [-0.1, -0.05) is 35.3 Å². The van der Waals surface area contributed by atoms with Crippen molar-refractivity contribution in [2.45, 2.75) is 0 Å². The van der Waals surface area contributed by atoms with E-state index in [1.54, 1.807) is 30.3 Å². The Morgan fingerprint density at radius 1 is 1.41 bits per heavy atom. The van der Waals surface area contributed by atoms with E-state index in [9.17, 15) is 4.79 Å². The first-order valence-electron chi connectivity index (χ1n) is 4.50. The number of rotatable bonds is 3. The first kappa shape index (κ1) is 13.4. The SMILES string of the molecule is COc1ccccc1C(=O)NC(C#N)=C(Cl)Cl. The van der Waals surface area contributed by atoms with E-state index in [1.165, 1.54) is 7.11 Å². The van der Waals surface area contributed by atoms with E-state index in [0.29, 0.717) is 5.75 Å². The summed E-state index contributed by atoms with van der Waals surface area (Å²) in [5.41, 5.74) is 0.0848. The number of allylic oxidation sites excluding steroid dienone is 1. The molecule has 0 radical (unpaired) electrons. The van der Waals surface area contributed by atoms with E-state index >= 15 is 0 Å². The molecule has 0 heterocycles. The lowest BCUT2D eigenvalue weighted by molar-refractivity contribution is 0.0964. The molecular formula is C11H8Cl2N2O2. The molecule has 0 unspecified atom stereocenters. The van der Waals surface area contributed by atoms with Crippen molar-refractivity contribution in [1.29, 1.82) is 5.26 Å². The molecule has 17 heavy (non-hydrogen) atoms. The van der Waals surface area contributed by atoms with Crippen LogP contribution in [0.4, 0.5) is 0 Å². The van der Waals surface area contributed by atoms with E-state index in [0.717, 1.165) is 0 Å². The van der Waals surface area contributed by atoms with Gasteiger partial charge in [-0.25, -0.2) is 0 Å². The standard InChI is InChI=1S/C11H8Cl2N2O2/c1-17-9-5-3-2-4-7(9)11(16)15-8(6-14)10(12)13/h2-5H,1H3,(H,15,16). The number of carbonyl (C=O) groups is 1. The second-order valence-corrected chi connectivity index (χ2v) is 3.85. The zero-order chi connectivity index (χ0) is 12.8. The Hall–Kier alpha value is -1.70. The zero-order valence-corrected chi connectivity index (χ0v) is 10.3. The Morgan fingerprint density at radius 3 is 2.59 bits per heavy atom. The zero-order valence-electron chi connectivity index (χ0n) is 8.83. The average Bonchev–Trinajstić information content (AvgIpc) is 2.35. The molecule has 0 aliphatic heterocycles. The summed E-state index contributed by atoms with van der Waals surface area (Å²) in [4.78, 5) is 11.8. The van der Waals surface area contributed by atoms with Crippen molar-refractivity contribution in [2.75, 3.05) is 7.11 Å². The minimum atomic E-state index is -0.516. The Morgan fingerprint density at radius 2 is 2.06 bits per heavy atom. The predicted molar refractivity (Wildman–Crippen MR) is 64.8 cm³/mol. The number of hydrogen-bond donors (Lipinski definition) is 1. The molecule has 0 aliphatic carbocycles. The molecule has 4 nitrogen and oxygen atoms in total. The van der Waals surface area contributed by atoms with Crippen molar-refractivity contribution in [2.24, 2.45) is 0 Å². The highest BCUT2D eigenvalue weighted by Crippen LogP contribution is 2.18. The summed E-state index contributed by atoms with van der Waals surface area (Å²) < 4.78 is 4.72. The van der Waals surface area contributed by atoms with Crippen LogP contribution in [0.15, 0.2) is 34.5 Å². The minimum absolute atomic E-state index is 0.204. The summed E-state index contributed by atoms with van der Waals surface area (Å²) in [6.45, 7) is 0. The van der Waals surface area contributed by atoms with Crippen LogP contribution in [0.2, 0.25) is 0 Å². The van der Waals surface area contributed by atoms with Crippen LogP contribution >= 0.6 is 23.2 Å². The number of nitrogens with zero attached hydrogens (tertiary/aromatic N) is 1. The maximum absolute atomic E-state index is 11.8. The molecule has 0 bridgehead atoms. The number of ether oxygens (including phenoxy) is 1. The van der Waals surface area contributed by atoms with Gasteiger partial charge in [0.25, 0.3) is 5.91 Å². The van der Waals surface area contributed by atoms with Crippen LogP contribution in [0.25, 0.3) is 0 Å². The fourth-order valence-electron chi connectivity index (χ4n) is 1.13. The largest absolute Gasteiger partial charge is 0.496 e. The number of hydrogen-bond acceptors (Lipinski definition) is 3. The number of methoxy groups -OCH3 is 1. The van der Waals surface area contributed by atoms with E-state index in [4.69, 9.17) is 33.2 Å². The number of halogens is 2. The van der Waals surface area contributed by atoms with E-state index < -0.39 is 5.91 Å². The van der Waals surface area contributed by atoms with E-state index in [-0.39, 0.29) is 15.8 Å². The molecule has 0 spiro atoms. The molecule has 1 rings (SSSR count). The van der Waals surface area contributed by atoms with Gasteiger partial charge in [0.2, 0.25) is 0 Å². The van der Waals surface area contributed by atoms with Crippen LogP contribution in [0, 0.1) is 11.3 Å². The van der Waals surface area contributed by atoms with Crippen molar-refractivity contribution < 1.29 is 9.53 Å². The van der Waals surface area contributed by atoms with Gasteiger partial charge < -0.3 is 10.1 Å². The van der Waals surface area contributed by atoms with Crippen molar-refractivity contribution in [3.8, 4) is 11.8 Å². The predicted octanol–water partition coefficient (Wildman–Crippen LogP) is 2.60. The number of amides is 1. The topological polar surface area (TPSA) is 62.1 Å². The fourth-order valence-corrected chi connectivity index (χ4v) is 1.31. The minimum Gasteiger partial charge on any atom is -0.496 e. The highest BCUT2D eigenvalue weighted by atomic mass is 35.5. The average molecular weight is 271 g/mol. The molecule has 6 heteroatoms. The Labute approximate surface area is 108 Å². The molecule has 1 N–H and O–H groups in total. The fraction of sp³-hybridized carbons (Fsp3) is 0.0909. The number of nitrogens with one attached hydrogen (secondary N) is 1. The van der Waals surface area contributed by atoms with Gasteiger partial charge >= 0.3 is 0 Å².